The molecule has 4 aromatic rings. The zero-order valence-electron chi connectivity index (χ0n) is 17.0. The lowest BCUT2D eigenvalue weighted by Gasteiger charge is -2.12. The number of hydrogen-bond acceptors (Lipinski definition) is 2. The molecule has 3 aromatic carbocycles. The summed E-state index contributed by atoms with van der Waals surface area (Å²) in [5.74, 6) is 0.983. The van der Waals surface area contributed by atoms with Crippen molar-refractivity contribution >= 4 is 40.1 Å². The fourth-order valence-electron chi connectivity index (χ4n) is 3.65. The molecule has 31 heavy (non-hydrogen) atoms. The quantitative estimate of drug-likeness (QED) is 0.350. The molecular weight excluding hydrogens is 429 g/mol. The van der Waals surface area contributed by atoms with Gasteiger partial charge >= 0.3 is 0 Å². The van der Waals surface area contributed by atoms with Gasteiger partial charge in [-0.15, -0.1) is 0 Å². The van der Waals surface area contributed by atoms with Crippen LogP contribution < -0.4 is 5.32 Å². The number of benzene rings is 3. The van der Waals surface area contributed by atoms with E-state index in [0.29, 0.717) is 29.6 Å². The largest absolute Gasteiger partial charge is 0.356 e. The fraction of sp³-hybridized carbons (Fsp3) is 0.200. The van der Waals surface area contributed by atoms with Crippen LogP contribution >= 0.6 is 23.2 Å². The SMILES string of the molecule is O=C(Cc1ccccc1)NCCCc1nc2ccccc2n1Cc1c(Cl)cccc1Cl. The number of nitrogens with one attached hydrogen (secondary N) is 1. The van der Waals surface area contributed by atoms with Gasteiger partial charge in [0.25, 0.3) is 0 Å². The molecule has 4 nitrogen and oxygen atoms in total. The Morgan fingerprint density at radius 3 is 2.39 bits per heavy atom. The molecule has 4 rings (SSSR count). The van der Waals surface area contributed by atoms with E-state index in [2.05, 4.69) is 16.0 Å². The predicted molar refractivity (Wildman–Crippen MR) is 127 cm³/mol. The second kappa shape index (κ2) is 9.99. The average Bonchev–Trinajstić information content (AvgIpc) is 3.12. The van der Waals surface area contributed by atoms with Crippen molar-refractivity contribution < 1.29 is 4.79 Å². The molecule has 6 heteroatoms. The highest BCUT2D eigenvalue weighted by atomic mass is 35.5. The number of halogens is 2. The Labute approximate surface area is 191 Å². The van der Waals surface area contributed by atoms with Gasteiger partial charge in [-0.3, -0.25) is 4.79 Å². The normalized spacial score (nSPS) is 11.0. The topological polar surface area (TPSA) is 46.9 Å². The molecule has 158 valence electrons. The molecular formula is C25H23Cl2N3O. The highest BCUT2D eigenvalue weighted by molar-refractivity contribution is 6.36. The molecule has 0 bridgehead atoms. The Morgan fingerprint density at radius 2 is 1.61 bits per heavy atom. The Balaban J connectivity index is 1.44. The molecule has 0 spiro atoms. The van der Waals surface area contributed by atoms with E-state index in [1.165, 1.54) is 0 Å². The molecule has 1 aromatic heterocycles. The summed E-state index contributed by atoms with van der Waals surface area (Å²) >= 11 is 12.8. The van der Waals surface area contributed by atoms with E-state index in [-0.39, 0.29) is 5.91 Å². The van der Waals surface area contributed by atoms with Gasteiger partial charge in [0.05, 0.1) is 24.0 Å². The second-order valence-corrected chi connectivity index (χ2v) is 8.23. The molecule has 1 amide bonds. The van der Waals surface area contributed by atoms with Gasteiger partial charge in [-0.05, 0) is 36.2 Å². The maximum Gasteiger partial charge on any atom is 0.224 e. The standard InChI is InChI=1S/C25H23Cl2N3O/c26-20-10-6-11-21(27)19(20)17-30-23-13-5-4-12-22(23)29-24(30)14-7-15-28-25(31)16-18-8-2-1-3-9-18/h1-6,8-13H,7,14-17H2,(H,28,31). The van der Waals surface area contributed by atoms with Crippen molar-refractivity contribution in [2.45, 2.75) is 25.8 Å². The van der Waals surface area contributed by atoms with Crippen molar-refractivity contribution in [1.29, 1.82) is 0 Å². The maximum absolute atomic E-state index is 12.2. The van der Waals surface area contributed by atoms with E-state index in [1.807, 2.05) is 66.7 Å². The van der Waals surface area contributed by atoms with E-state index in [1.54, 1.807) is 0 Å². The molecule has 0 saturated carbocycles. The summed E-state index contributed by atoms with van der Waals surface area (Å²) in [6.07, 6.45) is 1.92. The van der Waals surface area contributed by atoms with Crippen molar-refractivity contribution in [3.8, 4) is 0 Å². The number of imidazole rings is 1. The van der Waals surface area contributed by atoms with Crippen LogP contribution in [0, 0.1) is 0 Å². The molecule has 0 aliphatic heterocycles. The fourth-order valence-corrected chi connectivity index (χ4v) is 4.17. The van der Waals surface area contributed by atoms with E-state index < -0.39 is 0 Å². The lowest BCUT2D eigenvalue weighted by molar-refractivity contribution is -0.120. The second-order valence-electron chi connectivity index (χ2n) is 7.42. The zero-order chi connectivity index (χ0) is 21.6. The van der Waals surface area contributed by atoms with Crippen LogP contribution in [0.3, 0.4) is 0 Å². The van der Waals surface area contributed by atoms with Gasteiger partial charge in [-0.25, -0.2) is 4.98 Å². The van der Waals surface area contributed by atoms with Gasteiger partial charge in [-0.2, -0.15) is 0 Å². The number of rotatable bonds is 8. The number of carbonyl (C=O) groups is 1. The highest BCUT2D eigenvalue weighted by Crippen LogP contribution is 2.27. The number of para-hydroxylation sites is 2. The summed E-state index contributed by atoms with van der Waals surface area (Å²) in [4.78, 5) is 17.0. The van der Waals surface area contributed by atoms with Crippen LogP contribution in [0.5, 0.6) is 0 Å². The minimum atomic E-state index is 0.0301. The van der Waals surface area contributed by atoms with Crippen LogP contribution in [0.15, 0.2) is 72.8 Å². The van der Waals surface area contributed by atoms with Crippen LogP contribution in [0.25, 0.3) is 11.0 Å². The summed E-state index contributed by atoms with van der Waals surface area (Å²) in [7, 11) is 0. The van der Waals surface area contributed by atoms with E-state index in [0.717, 1.165) is 40.8 Å². The zero-order valence-corrected chi connectivity index (χ0v) is 18.5. The van der Waals surface area contributed by atoms with Gasteiger partial charge in [0.1, 0.15) is 5.82 Å². The first kappa shape index (κ1) is 21.4. The summed E-state index contributed by atoms with van der Waals surface area (Å²) < 4.78 is 2.16. The van der Waals surface area contributed by atoms with E-state index in [9.17, 15) is 4.79 Å². The number of aryl methyl sites for hydroxylation is 1. The molecule has 0 fully saturated rings. The number of carbonyl (C=O) groups excluding carboxylic acids is 1. The van der Waals surface area contributed by atoms with Crippen LogP contribution in [-0.4, -0.2) is 22.0 Å². The third kappa shape index (κ3) is 5.27. The molecule has 0 aliphatic rings. The van der Waals surface area contributed by atoms with Gasteiger partial charge in [-0.1, -0.05) is 71.7 Å². The number of amides is 1. The summed E-state index contributed by atoms with van der Waals surface area (Å²) in [6.45, 7) is 1.15. The van der Waals surface area contributed by atoms with Crippen LogP contribution in [-0.2, 0) is 24.2 Å². The van der Waals surface area contributed by atoms with Crippen LogP contribution in [0.4, 0.5) is 0 Å². The molecule has 1 heterocycles. The lowest BCUT2D eigenvalue weighted by Crippen LogP contribution is -2.26. The molecule has 0 radical (unpaired) electrons. The summed E-state index contributed by atoms with van der Waals surface area (Å²) in [6, 6.07) is 23.3. The van der Waals surface area contributed by atoms with Crippen molar-refractivity contribution in [3.63, 3.8) is 0 Å². The molecule has 0 atom stereocenters. The third-order valence-electron chi connectivity index (χ3n) is 5.22. The Morgan fingerprint density at radius 1 is 0.903 bits per heavy atom. The van der Waals surface area contributed by atoms with Gasteiger partial charge < -0.3 is 9.88 Å². The first-order valence-corrected chi connectivity index (χ1v) is 11.0. The lowest BCUT2D eigenvalue weighted by atomic mass is 10.1. The average molecular weight is 452 g/mol. The Hall–Kier alpha value is -2.82. The molecule has 0 saturated heterocycles. The smallest absolute Gasteiger partial charge is 0.224 e. The van der Waals surface area contributed by atoms with Crippen LogP contribution in [0.2, 0.25) is 10.0 Å². The van der Waals surface area contributed by atoms with Crippen molar-refractivity contribution in [2.75, 3.05) is 6.54 Å². The first-order valence-electron chi connectivity index (χ1n) is 10.3. The van der Waals surface area contributed by atoms with Crippen molar-refractivity contribution in [3.05, 3.63) is 99.8 Å². The minimum absolute atomic E-state index is 0.0301. The minimum Gasteiger partial charge on any atom is -0.356 e. The predicted octanol–water partition coefficient (Wildman–Crippen LogP) is 5.68. The van der Waals surface area contributed by atoms with Crippen LogP contribution in [0.1, 0.15) is 23.4 Å². The van der Waals surface area contributed by atoms with Gasteiger partial charge in [0.15, 0.2) is 0 Å². The molecule has 1 N–H and O–H groups in total. The number of fused-ring (bicyclic) bond motifs is 1. The van der Waals surface area contributed by atoms with E-state index in [4.69, 9.17) is 28.2 Å². The van der Waals surface area contributed by atoms with Gasteiger partial charge in [0, 0.05) is 28.6 Å². The maximum atomic E-state index is 12.2. The molecule has 0 unspecified atom stereocenters. The van der Waals surface area contributed by atoms with Gasteiger partial charge in [0.2, 0.25) is 5.91 Å². The van der Waals surface area contributed by atoms with Crippen molar-refractivity contribution in [1.82, 2.24) is 14.9 Å². The number of aromatic nitrogens is 2. The highest BCUT2D eigenvalue weighted by Gasteiger charge is 2.14. The number of hydrogen-bond donors (Lipinski definition) is 1. The van der Waals surface area contributed by atoms with E-state index >= 15 is 0 Å². The summed E-state index contributed by atoms with van der Waals surface area (Å²) in [5.41, 5.74) is 3.88. The number of nitrogens with zero attached hydrogens (tertiary/aromatic N) is 2. The Bertz CT molecular complexity index is 1170. The summed E-state index contributed by atoms with van der Waals surface area (Å²) in [5, 5.41) is 4.29. The molecule has 0 aliphatic carbocycles. The monoisotopic (exact) mass is 451 g/mol. The first-order chi connectivity index (χ1) is 15.1. The third-order valence-corrected chi connectivity index (χ3v) is 5.93. The van der Waals surface area contributed by atoms with Crippen molar-refractivity contribution in [2.24, 2.45) is 0 Å². The Kier molecular flexibility index (Phi) is 6.90.